The highest BCUT2D eigenvalue weighted by molar-refractivity contribution is 7.91. The Hall–Kier alpha value is -3.27. The summed E-state index contributed by atoms with van der Waals surface area (Å²) < 4.78 is 31.4. The Morgan fingerprint density at radius 2 is 1.89 bits per heavy atom. The first-order valence-corrected chi connectivity index (χ1v) is 14.6. The fourth-order valence-corrected chi connectivity index (χ4v) is 7.05. The van der Waals surface area contributed by atoms with Crippen molar-refractivity contribution in [3.8, 4) is 11.3 Å². The second kappa shape index (κ2) is 9.89. The number of pyridine rings is 1. The van der Waals surface area contributed by atoms with Crippen LogP contribution < -0.4 is 0 Å². The zero-order chi connectivity index (χ0) is 26.3. The Labute approximate surface area is 216 Å². The van der Waals surface area contributed by atoms with Crippen LogP contribution in [-0.2, 0) is 19.4 Å². The van der Waals surface area contributed by atoms with Gasteiger partial charge >= 0.3 is 5.97 Å². The lowest BCUT2D eigenvalue weighted by Crippen LogP contribution is -2.43. The maximum atomic E-state index is 14.0. The third-order valence-electron chi connectivity index (χ3n) is 7.30. The van der Waals surface area contributed by atoms with E-state index in [1.807, 2.05) is 38.1 Å². The van der Waals surface area contributed by atoms with Crippen LogP contribution in [0.1, 0.15) is 53.8 Å². The van der Waals surface area contributed by atoms with Crippen LogP contribution in [0.3, 0.4) is 0 Å². The molecule has 37 heavy (non-hydrogen) atoms. The smallest absolute Gasteiger partial charge is 0.310 e. The second-order valence-electron chi connectivity index (χ2n) is 10.0. The molecule has 2 saturated heterocycles. The predicted octanol–water partition coefficient (Wildman–Crippen LogP) is 3.49. The van der Waals surface area contributed by atoms with Crippen LogP contribution in [-0.4, -0.2) is 71.2 Å². The number of aromatic nitrogens is 3. The van der Waals surface area contributed by atoms with E-state index in [-0.39, 0.29) is 35.3 Å². The van der Waals surface area contributed by atoms with Gasteiger partial charge in [-0.15, -0.1) is 0 Å². The van der Waals surface area contributed by atoms with Crippen molar-refractivity contribution in [1.29, 1.82) is 0 Å². The molecule has 2 aromatic heterocycles. The van der Waals surface area contributed by atoms with Gasteiger partial charge in [0.15, 0.2) is 15.5 Å². The average Bonchev–Trinajstić information content (AvgIpc) is 3.42. The number of rotatable bonds is 5. The summed E-state index contributed by atoms with van der Waals surface area (Å²) in [5.74, 6) is -0.678. The molecule has 2 unspecified atom stereocenters. The third kappa shape index (κ3) is 4.99. The molecule has 5 rings (SSSR count). The third-order valence-corrected chi connectivity index (χ3v) is 9.05. The number of fused-ring (bicyclic) bond motifs is 1. The van der Waals surface area contributed by atoms with Crippen molar-refractivity contribution in [3.63, 3.8) is 0 Å². The Morgan fingerprint density at radius 1 is 1.14 bits per heavy atom. The van der Waals surface area contributed by atoms with Crippen molar-refractivity contribution in [2.75, 3.05) is 31.2 Å². The fourth-order valence-electron chi connectivity index (χ4n) is 5.36. The maximum absolute atomic E-state index is 14.0. The van der Waals surface area contributed by atoms with Gasteiger partial charge in [-0.1, -0.05) is 29.8 Å². The number of carbonyl (C=O) groups excluding carboxylic acids is 2. The quantitative estimate of drug-likeness (QED) is 0.470. The molecule has 10 heteroatoms. The van der Waals surface area contributed by atoms with Crippen LogP contribution >= 0.6 is 0 Å². The van der Waals surface area contributed by atoms with Crippen LogP contribution in [0.2, 0.25) is 0 Å². The number of benzene rings is 1. The number of sulfone groups is 1. The van der Waals surface area contributed by atoms with Gasteiger partial charge in [-0.2, -0.15) is 5.10 Å². The monoisotopic (exact) mass is 524 g/mol. The lowest BCUT2D eigenvalue weighted by atomic mass is 9.96. The first-order chi connectivity index (χ1) is 17.7. The highest BCUT2D eigenvalue weighted by Crippen LogP contribution is 2.33. The van der Waals surface area contributed by atoms with Gasteiger partial charge in [0, 0.05) is 18.7 Å². The minimum Gasteiger partial charge on any atom is -0.466 e. The number of esters is 1. The molecule has 1 amide bonds. The highest BCUT2D eigenvalue weighted by atomic mass is 32.2. The molecule has 0 bridgehead atoms. The first-order valence-electron chi connectivity index (χ1n) is 12.8. The molecule has 196 valence electrons. The summed E-state index contributed by atoms with van der Waals surface area (Å²) in [6, 6.07) is 9.38. The number of piperidine rings is 1. The Morgan fingerprint density at radius 3 is 2.57 bits per heavy atom. The van der Waals surface area contributed by atoms with Crippen LogP contribution in [0.25, 0.3) is 22.3 Å². The van der Waals surface area contributed by atoms with Crippen molar-refractivity contribution in [2.24, 2.45) is 5.92 Å². The number of hydrogen-bond acceptors (Lipinski definition) is 7. The average molecular weight is 525 g/mol. The van der Waals surface area contributed by atoms with E-state index in [0.717, 1.165) is 11.1 Å². The zero-order valence-electron chi connectivity index (χ0n) is 21.4. The number of ether oxygens (including phenoxy) is 1. The van der Waals surface area contributed by atoms with Crippen molar-refractivity contribution in [1.82, 2.24) is 19.7 Å². The van der Waals surface area contributed by atoms with E-state index < -0.39 is 9.84 Å². The lowest BCUT2D eigenvalue weighted by Gasteiger charge is -2.31. The van der Waals surface area contributed by atoms with Gasteiger partial charge in [0.05, 0.1) is 52.4 Å². The van der Waals surface area contributed by atoms with E-state index in [1.54, 1.807) is 22.6 Å². The van der Waals surface area contributed by atoms with Crippen molar-refractivity contribution < 1.29 is 22.7 Å². The molecule has 3 aromatic rings. The van der Waals surface area contributed by atoms with Crippen LogP contribution in [0.4, 0.5) is 0 Å². The molecule has 0 N–H and O–H groups in total. The molecule has 1 aromatic carbocycles. The minimum absolute atomic E-state index is 0.0102. The maximum Gasteiger partial charge on any atom is 0.310 e. The minimum atomic E-state index is -3.14. The van der Waals surface area contributed by atoms with Crippen LogP contribution in [0.5, 0.6) is 0 Å². The molecule has 4 heterocycles. The molecule has 0 saturated carbocycles. The fraction of sp³-hybridized carbons (Fsp3) is 0.481. The topological polar surface area (TPSA) is 111 Å². The number of likely N-dealkylation sites (tertiary alicyclic amines) is 1. The molecular weight excluding hydrogens is 492 g/mol. The molecule has 2 aliphatic rings. The number of hydrogen-bond donors (Lipinski definition) is 0. The normalized spacial score (nSPS) is 21.3. The summed E-state index contributed by atoms with van der Waals surface area (Å²) in [6.07, 6.45) is 1.87. The van der Waals surface area contributed by atoms with Crippen molar-refractivity contribution >= 4 is 32.7 Å². The predicted molar refractivity (Wildman–Crippen MR) is 140 cm³/mol. The summed E-state index contributed by atoms with van der Waals surface area (Å²) in [6.45, 7) is 6.76. The van der Waals surface area contributed by atoms with Gasteiger partial charge in [-0.25, -0.2) is 18.1 Å². The Balaban J connectivity index is 1.61. The van der Waals surface area contributed by atoms with E-state index >= 15 is 0 Å². The van der Waals surface area contributed by atoms with E-state index in [9.17, 15) is 18.0 Å². The summed E-state index contributed by atoms with van der Waals surface area (Å²) >= 11 is 0. The zero-order valence-corrected chi connectivity index (χ0v) is 22.3. The largest absolute Gasteiger partial charge is 0.466 e. The Bertz CT molecular complexity index is 1460. The molecule has 0 spiro atoms. The standard InChI is InChI=1S/C27H32N4O5S/c1-4-36-27(33)20-6-5-12-30(15-20)26(32)22-14-23(19-9-7-17(2)8-10-19)28-25-24(22)18(3)29-31(25)21-11-13-37(34,35)16-21/h7-10,14,20-21H,4-6,11-13,15-16H2,1-3H3. The summed E-state index contributed by atoms with van der Waals surface area (Å²) in [7, 11) is -3.14. The number of carbonyl (C=O) groups is 2. The number of nitrogens with zero attached hydrogens (tertiary/aromatic N) is 4. The van der Waals surface area contributed by atoms with E-state index in [0.29, 0.717) is 66.9 Å². The molecule has 0 radical (unpaired) electrons. The molecule has 2 atom stereocenters. The van der Waals surface area contributed by atoms with Crippen molar-refractivity contribution in [3.05, 3.63) is 47.2 Å². The van der Waals surface area contributed by atoms with Gasteiger partial charge in [0.25, 0.3) is 5.91 Å². The highest BCUT2D eigenvalue weighted by Gasteiger charge is 2.34. The molecule has 2 fully saturated rings. The van der Waals surface area contributed by atoms with Crippen LogP contribution in [0, 0.1) is 19.8 Å². The van der Waals surface area contributed by atoms with Gasteiger partial charge in [-0.3, -0.25) is 9.59 Å². The second-order valence-corrected chi connectivity index (χ2v) is 12.3. The first kappa shape index (κ1) is 25.4. The van der Waals surface area contributed by atoms with Crippen LogP contribution in [0.15, 0.2) is 30.3 Å². The van der Waals surface area contributed by atoms with E-state index in [2.05, 4.69) is 5.10 Å². The van der Waals surface area contributed by atoms with E-state index in [1.165, 1.54) is 0 Å². The summed E-state index contributed by atoms with van der Waals surface area (Å²) in [4.78, 5) is 33.0. The summed E-state index contributed by atoms with van der Waals surface area (Å²) in [5, 5.41) is 5.31. The summed E-state index contributed by atoms with van der Waals surface area (Å²) in [5.41, 5.74) is 4.20. The molecule has 0 aliphatic carbocycles. The number of aryl methyl sites for hydroxylation is 2. The molecule has 2 aliphatic heterocycles. The van der Waals surface area contributed by atoms with E-state index in [4.69, 9.17) is 9.72 Å². The number of amides is 1. The molecule has 9 nitrogen and oxygen atoms in total. The van der Waals surface area contributed by atoms with Gasteiger partial charge in [0.2, 0.25) is 0 Å². The van der Waals surface area contributed by atoms with Gasteiger partial charge < -0.3 is 9.64 Å². The SMILES string of the molecule is CCOC(=O)C1CCCN(C(=O)c2cc(-c3ccc(C)cc3)nc3c2c(C)nn3C2CCS(=O)(=O)C2)C1. The lowest BCUT2D eigenvalue weighted by molar-refractivity contribution is -0.149. The van der Waals surface area contributed by atoms with Gasteiger partial charge in [-0.05, 0) is 46.1 Å². The van der Waals surface area contributed by atoms with Gasteiger partial charge in [0.1, 0.15) is 0 Å². The van der Waals surface area contributed by atoms with Crippen molar-refractivity contribution in [2.45, 2.75) is 46.1 Å². The molecular formula is C27H32N4O5S. The Kier molecular flexibility index (Phi) is 6.78.